The Kier molecular flexibility index (Phi) is 7.14. The number of fused-ring (bicyclic) bond motifs is 1. The van der Waals surface area contributed by atoms with E-state index in [1.165, 1.54) is 0 Å². The lowest BCUT2D eigenvalue weighted by Gasteiger charge is -2.09. The normalized spacial score (nSPS) is 11.2. The maximum Gasteiger partial charge on any atom is 0.203 e. The van der Waals surface area contributed by atoms with Crippen LogP contribution in [0.4, 0.5) is 13.2 Å². The molecule has 0 atom stereocenters. The van der Waals surface area contributed by atoms with Gasteiger partial charge < -0.3 is 19.2 Å². The van der Waals surface area contributed by atoms with E-state index in [2.05, 4.69) is 10.3 Å². The molecule has 0 amide bonds. The van der Waals surface area contributed by atoms with Crippen LogP contribution in [0.1, 0.15) is 23.3 Å². The molecule has 2 heterocycles. The standard InChI is InChI=1S/C25H23F3N2O3/c1-16-22(15-32-25-19(27)9-8-18(26)24(25)28)33-21-7-2-6-20(23(16)21)31-12-4-11-30-14-17-5-3-10-29-13-17/h2-3,5-10,13,30H,4,11-12,14-15H2,1H3. The number of hydrogen-bond donors (Lipinski definition) is 1. The monoisotopic (exact) mass is 456 g/mol. The van der Waals surface area contributed by atoms with Crippen molar-refractivity contribution in [3.05, 3.63) is 89.2 Å². The zero-order chi connectivity index (χ0) is 23.2. The molecule has 0 aliphatic rings. The number of nitrogens with one attached hydrogen (secondary N) is 1. The lowest BCUT2D eigenvalue weighted by Crippen LogP contribution is -2.17. The highest BCUT2D eigenvalue weighted by atomic mass is 19.2. The van der Waals surface area contributed by atoms with Crippen molar-refractivity contribution in [3.8, 4) is 11.5 Å². The number of benzene rings is 2. The lowest BCUT2D eigenvalue weighted by atomic mass is 10.1. The van der Waals surface area contributed by atoms with Crippen molar-refractivity contribution in [1.29, 1.82) is 0 Å². The molecule has 0 saturated carbocycles. The topological polar surface area (TPSA) is 56.5 Å². The smallest absolute Gasteiger partial charge is 0.203 e. The first-order valence-corrected chi connectivity index (χ1v) is 10.5. The highest BCUT2D eigenvalue weighted by Crippen LogP contribution is 2.34. The Morgan fingerprint density at radius 3 is 2.67 bits per heavy atom. The summed E-state index contributed by atoms with van der Waals surface area (Å²) in [5.74, 6) is -3.28. The van der Waals surface area contributed by atoms with E-state index >= 15 is 0 Å². The molecule has 5 nitrogen and oxygen atoms in total. The van der Waals surface area contributed by atoms with E-state index in [0.29, 0.717) is 29.8 Å². The second-order valence-corrected chi connectivity index (χ2v) is 7.48. The Bertz CT molecular complexity index is 1230. The van der Waals surface area contributed by atoms with E-state index in [4.69, 9.17) is 13.9 Å². The van der Waals surface area contributed by atoms with E-state index in [0.717, 1.165) is 42.1 Å². The molecule has 33 heavy (non-hydrogen) atoms. The lowest BCUT2D eigenvalue weighted by molar-refractivity contribution is 0.244. The van der Waals surface area contributed by atoms with Gasteiger partial charge >= 0.3 is 0 Å². The Labute approximate surface area is 189 Å². The summed E-state index contributed by atoms with van der Waals surface area (Å²) in [6, 6.07) is 10.9. The third kappa shape index (κ3) is 5.28. The van der Waals surface area contributed by atoms with Gasteiger partial charge in [-0.2, -0.15) is 4.39 Å². The summed E-state index contributed by atoms with van der Waals surface area (Å²) < 4.78 is 58.1. The molecule has 0 aliphatic heterocycles. The predicted molar refractivity (Wildman–Crippen MR) is 118 cm³/mol. The molecular weight excluding hydrogens is 433 g/mol. The maximum atomic E-state index is 13.9. The molecule has 0 saturated heterocycles. The van der Waals surface area contributed by atoms with Gasteiger partial charge in [0.2, 0.25) is 5.82 Å². The van der Waals surface area contributed by atoms with E-state index in [-0.39, 0.29) is 6.61 Å². The average molecular weight is 456 g/mol. The Hall–Kier alpha value is -3.52. The number of aromatic nitrogens is 1. The first-order valence-electron chi connectivity index (χ1n) is 10.5. The van der Waals surface area contributed by atoms with Gasteiger partial charge in [0, 0.05) is 24.5 Å². The third-order valence-electron chi connectivity index (χ3n) is 5.17. The molecule has 2 aromatic heterocycles. The first-order chi connectivity index (χ1) is 16.0. The van der Waals surface area contributed by atoms with Gasteiger partial charge in [-0.05, 0) is 55.8 Å². The molecule has 2 aromatic carbocycles. The Morgan fingerprint density at radius 1 is 1.00 bits per heavy atom. The zero-order valence-electron chi connectivity index (χ0n) is 18.0. The fraction of sp³-hybridized carbons (Fsp3) is 0.240. The minimum Gasteiger partial charge on any atom is -0.493 e. The first kappa shape index (κ1) is 22.7. The van der Waals surface area contributed by atoms with E-state index in [1.807, 2.05) is 31.3 Å². The van der Waals surface area contributed by atoms with Crippen molar-refractivity contribution in [3.63, 3.8) is 0 Å². The third-order valence-corrected chi connectivity index (χ3v) is 5.17. The van der Waals surface area contributed by atoms with E-state index < -0.39 is 23.2 Å². The quantitative estimate of drug-likeness (QED) is 0.245. The molecule has 4 aromatic rings. The molecule has 0 bridgehead atoms. The zero-order valence-corrected chi connectivity index (χ0v) is 18.0. The fourth-order valence-corrected chi connectivity index (χ4v) is 3.47. The van der Waals surface area contributed by atoms with E-state index in [1.54, 1.807) is 18.3 Å². The van der Waals surface area contributed by atoms with Crippen molar-refractivity contribution in [2.24, 2.45) is 0 Å². The second kappa shape index (κ2) is 10.4. The summed E-state index contributed by atoms with van der Waals surface area (Å²) in [5, 5.41) is 4.11. The molecule has 172 valence electrons. The molecule has 0 unspecified atom stereocenters. The molecule has 1 N–H and O–H groups in total. The van der Waals surface area contributed by atoms with Gasteiger partial charge in [0.05, 0.1) is 12.0 Å². The van der Waals surface area contributed by atoms with Crippen molar-refractivity contribution >= 4 is 11.0 Å². The van der Waals surface area contributed by atoms with Crippen molar-refractivity contribution in [2.45, 2.75) is 26.5 Å². The van der Waals surface area contributed by atoms with Crippen LogP contribution in [0, 0.1) is 24.4 Å². The minimum absolute atomic E-state index is 0.254. The van der Waals surface area contributed by atoms with Crippen LogP contribution in [0.25, 0.3) is 11.0 Å². The SMILES string of the molecule is Cc1c(COc2c(F)ccc(F)c2F)oc2cccc(OCCCNCc3cccnc3)c12. The number of rotatable bonds is 10. The highest BCUT2D eigenvalue weighted by Gasteiger charge is 2.19. The van der Waals surface area contributed by atoms with Gasteiger partial charge in [-0.3, -0.25) is 4.98 Å². The summed E-state index contributed by atoms with van der Waals surface area (Å²) >= 11 is 0. The number of hydrogen-bond acceptors (Lipinski definition) is 5. The van der Waals surface area contributed by atoms with Crippen LogP contribution < -0.4 is 14.8 Å². The van der Waals surface area contributed by atoms with Crippen molar-refractivity contribution in [2.75, 3.05) is 13.2 Å². The summed E-state index contributed by atoms with van der Waals surface area (Å²) in [7, 11) is 0. The van der Waals surface area contributed by atoms with Crippen LogP contribution in [-0.2, 0) is 13.2 Å². The predicted octanol–water partition coefficient (Wildman–Crippen LogP) is 5.69. The highest BCUT2D eigenvalue weighted by molar-refractivity contribution is 5.88. The number of furan rings is 1. The molecule has 0 fully saturated rings. The van der Waals surface area contributed by atoms with Crippen LogP contribution in [0.15, 0.2) is 59.3 Å². The van der Waals surface area contributed by atoms with Crippen LogP contribution in [-0.4, -0.2) is 18.1 Å². The molecule has 8 heteroatoms. The number of halogens is 3. The average Bonchev–Trinajstić information content (AvgIpc) is 3.15. The number of ether oxygens (including phenoxy) is 2. The summed E-state index contributed by atoms with van der Waals surface area (Å²) in [6.07, 6.45) is 4.36. The summed E-state index contributed by atoms with van der Waals surface area (Å²) in [5.41, 5.74) is 2.41. The largest absolute Gasteiger partial charge is 0.493 e. The van der Waals surface area contributed by atoms with Gasteiger partial charge in [-0.25, -0.2) is 8.78 Å². The molecule has 0 aliphatic carbocycles. The molecule has 4 rings (SSSR count). The molecular formula is C25H23F3N2O3. The van der Waals surface area contributed by atoms with Crippen LogP contribution >= 0.6 is 0 Å². The number of pyridine rings is 1. The van der Waals surface area contributed by atoms with Gasteiger partial charge in [-0.15, -0.1) is 0 Å². The van der Waals surface area contributed by atoms with Crippen LogP contribution in [0.3, 0.4) is 0 Å². The Morgan fingerprint density at radius 2 is 1.85 bits per heavy atom. The van der Waals surface area contributed by atoms with Crippen LogP contribution in [0.2, 0.25) is 0 Å². The van der Waals surface area contributed by atoms with Gasteiger partial charge in [0.25, 0.3) is 0 Å². The maximum absolute atomic E-state index is 13.9. The van der Waals surface area contributed by atoms with E-state index in [9.17, 15) is 13.2 Å². The van der Waals surface area contributed by atoms with Gasteiger partial charge in [0.1, 0.15) is 23.7 Å². The summed E-state index contributed by atoms with van der Waals surface area (Å²) in [6.45, 7) is 3.56. The molecule has 0 radical (unpaired) electrons. The number of aryl methyl sites for hydroxylation is 1. The van der Waals surface area contributed by atoms with Gasteiger partial charge in [-0.1, -0.05) is 12.1 Å². The minimum atomic E-state index is -1.37. The van der Waals surface area contributed by atoms with Crippen molar-refractivity contribution in [1.82, 2.24) is 10.3 Å². The summed E-state index contributed by atoms with van der Waals surface area (Å²) in [4.78, 5) is 4.09. The Balaban J connectivity index is 1.37. The fourth-order valence-electron chi connectivity index (χ4n) is 3.47. The second-order valence-electron chi connectivity index (χ2n) is 7.48. The van der Waals surface area contributed by atoms with Crippen molar-refractivity contribution < 1.29 is 27.1 Å². The molecule has 0 spiro atoms. The number of nitrogens with zero attached hydrogens (tertiary/aromatic N) is 1. The van der Waals surface area contributed by atoms with Crippen LogP contribution in [0.5, 0.6) is 11.5 Å². The van der Waals surface area contributed by atoms with Gasteiger partial charge in [0.15, 0.2) is 17.4 Å².